The minimum atomic E-state index is -5.86. The quantitative estimate of drug-likeness (QED) is 0.135. The lowest BCUT2D eigenvalue weighted by Crippen LogP contribution is -2.21. The summed E-state index contributed by atoms with van der Waals surface area (Å²) in [6, 6.07) is 10.6. The monoisotopic (exact) mass is 954 g/mol. The zero-order valence-electron chi connectivity index (χ0n) is 32.8. The van der Waals surface area contributed by atoms with Gasteiger partial charge in [-0.1, -0.05) is 53.0 Å². The lowest BCUT2D eigenvalue weighted by atomic mass is 9.78. The van der Waals surface area contributed by atoms with Crippen LogP contribution in [0.2, 0.25) is 10.0 Å². The predicted molar refractivity (Wildman–Crippen MR) is 210 cm³/mol. The number of halogens is 16. The van der Waals surface area contributed by atoms with Crippen LogP contribution in [0, 0.1) is 25.5 Å². The molecule has 338 valence electrons. The van der Waals surface area contributed by atoms with E-state index in [2.05, 4.69) is 9.47 Å². The standard InChI is InChI=1S/C44H26Cl2F14O4/c1-19-8-9-20(2)24(16-19)33-34(26-18-22(47)11-14-30(26)48)39(61-3)35(40(62-4)37(33)36-27(41(49,50)51)6-5-7-28(36)42(52,53)54)23-12-15-31(63-43(55,56)57)32(38(23)64-44(58,59)60)25-17-21(45)10-13-29(25)46/h5-18H,1-4H3. The van der Waals surface area contributed by atoms with Crippen molar-refractivity contribution in [2.45, 2.75) is 38.9 Å². The average molecular weight is 956 g/mol. The van der Waals surface area contributed by atoms with E-state index >= 15 is 35.1 Å². The van der Waals surface area contributed by atoms with E-state index in [1.807, 2.05) is 0 Å². The zero-order valence-corrected chi connectivity index (χ0v) is 34.3. The molecule has 6 rings (SSSR count). The molecule has 6 aromatic rings. The third-order valence-electron chi connectivity index (χ3n) is 9.63. The van der Waals surface area contributed by atoms with Crippen molar-refractivity contribution in [3.8, 4) is 78.6 Å². The number of methoxy groups -OCH3 is 2. The Labute approximate surface area is 363 Å². The minimum absolute atomic E-state index is 0.104. The van der Waals surface area contributed by atoms with Crippen molar-refractivity contribution in [3.63, 3.8) is 0 Å². The first-order chi connectivity index (χ1) is 29.7. The molecule has 4 nitrogen and oxygen atoms in total. The maximum atomic E-state index is 16.4. The molecule has 0 atom stereocenters. The first-order valence-electron chi connectivity index (χ1n) is 17.9. The predicted octanol–water partition coefficient (Wildman–Crippen LogP) is 16.1. The molecule has 0 N–H and O–H groups in total. The molecule has 0 radical (unpaired) electrons. The Kier molecular flexibility index (Phi) is 12.8. The minimum Gasteiger partial charge on any atom is -0.495 e. The highest BCUT2D eigenvalue weighted by molar-refractivity contribution is 6.35. The fraction of sp³-hybridized carbons (Fsp3) is 0.182. The molecule has 0 saturated carbocycles. The van der Waals surface area contributed by atoms with Crippen LogP contribution < -0.4 is 18.9 Å². The van der Waals surface area contributed by atoms with Gasteiger partial charge >= 0.3 is 25.1 Å². The van der Waals surface area contributed by atoms with Crippen molar-refractivity contribution in [1.29, 1.82) is 0 Å². The first kappa shape index (κ1) is 47.6. The summed E-state index contributed by atoms with van der Waals surface area (Å²) in [5.41, 5.74) is -13.3. The summed E-state index contributed by atoms with van der Waals surface area (Å²) in [5, 5.41) is -0.884. The highest BCUT2D eigenvalue weighted by Gasteiger charge is 2.45. The van der Waals surface area contributed by atoms with Crippen LogP contribution in [0.4, 0.5) is 61.5 Å². The van der Waals surface area contributed by atoms with Gasteiger partial charge in [0.15, 0.2) is 0 Å². The third-order valence-corrected chi connectivity index (χ3v) is 10.2. The third kappa shape index (κ3) is 9.48. The molecule has 0 fully saturated rings. The number of hydrogen-bond acceptors (Lipinski definition) is 4. The van der Waals surface area contributed by atoms with Gasteiger partial charge in [0.05, 0.1) is 36.5 Å². The summed E-state index contributed by atoms with van der Waals surface area (Å²) in [4.78, 5) is 0. The van der Waals surface area contributed by atoms with Crippen LogP contribution in [0.1, 0.15) is 22.3 Å². The lowest BCUT2D eigenvalue weighted by Gasteiger charge is -2.30. The Morgan fingerprint density at radius 3 is 1.62 bits per heavy atom. The van der Waals surface area contributed by atoms with Crippen LogP contribution in [0.25, 0.3) is 55.6 Å². The molecule has 6 aromatic carbocycles. The lowest BCUT2D eigenvalue weighted by molar-refractivity contribution is -0.276. The molecule has 0 amide bonds. The van der Waals surface area contributed by atoms with Crippen LogP contribution in [-0.2, 0) is 12.4 Å². The van der Waals surface area contributed by atoms with E-state index in [4.69, 9.17) is 32.7 Å². The molecule has 20 heteroatoms. The normalized spacial score (nSPS) is 12.4. The van der Waals surface area contributed by atoms with Gasteiger partial charge in [-0.3, -0.25) is 0 Å². The second kappa shape index (κ2) is 17.3. The number of rotatable bonds is 9. The molecule has 0 bridgehead atoms. The number of hydrogen-bond donors (Lipinski definition) is 0. The Morgan fingerprint density at radius 1 is 0.469 bits per heavy atom. The number of alkyl halides is 12. The number of ether oxygens (including phenoxy) is 4. The van der Waals surface area contributed by atoms with E-state index in [0.29, 0.717) is 49.1 Å². The molecule has 0 aliphatic carbocycles. The van der Waals surface area contributed by atoms with Crippen molar-refractivity contribution < 1.29 is 80.4 Å². The molecule has 0 heterocycles. The summed E-state index contributed by atoms with van der Waals surface area (Å²) in [5.74, 6) is -7.74. The summed E-state index contributed by atoms with van der Waals surface area (Å²) in [6.45, 7) is 2.85. The van der Waals surface area contributed by atoms with E-state index in [9.17, 15) is 26.3 Å². The molecule has 0 spiro atoms. The van der Waals surface area contributed by atoms with Gasteiger partial charge < -0.3 is 18.9 Å². The van der Waals surface area contributed by atoms with Crippen molar-refractivity contribution >= 4 is 23.2 Å². The van der Waals surface area contributed by atoms with Gasteiger partial charge in [-0.15, -0.1) is 26.3 Å². The SMILES string of the molecule is COc1c(-c2ccc(OC(F)(F)F)c(-c3cc(Cl)ccc3Cl)c2OC(F)(F)F)c(OC)c(-c2c(C(F)(F)F)cccc2C(F)(F)F)c(-c2cc(C)ccc2C)c1-c1cc(F)ccc1F. The summed E-state index contributed by atoms with van der Waals surface area (Å²) in [7, 11) is 1.53. The van der Waals surface area contributed by atoms with E-state index in [0.717, 1.165) is 25.3 Å². The molecular formula is C44H26Cl2F14O4. The Bertz CT molecular complexity index is 2750. The van der Waals surface area contributed by atoms with Crippen LogP contribution in [0.15, 0.2) is 84.9 Å². The second-order valence-electron chi connectivity index (χ2n) is 13.8. The van der Waals surface area contributed by atoms with Gasteiger partial charge in [-0.05, 0) is 85.6 Å². The van der Waals surface area contributed by atoms with Gasteiger partial charge in [-0.2, -0.15) is 26.3 Å². The number of benzene rings is 6. The molecule has 0 aliphatic heterocycles. The fourth-order valence-corrected chi connectivity index (χ4v) is 7.63. The smallest absolute Gasteiger partial charge is 0.495 e. The zero-order chi connectivity index (χ0) is 47.4. The molecule has 64 heavy (non-hydrogen) atoms. The molecule has 0 saturated heterocycles. The van der Waals surface area contributed by atoms with Crippen molar-refractivity contribution in [2.24, 2.45) is 0 Å². The van der Waals surface area contributed by atoms with Crippen LogP contribution in [0.5, 0.6) is 23.0 Å². The largest absolute Gasteiger partial charge is 0.573 e. The van der Waals surface area contributed by atoms with Gasteiger partial charge in [0, 0.05) is 49.0 Å². The molecule has 0 unspecified atom stereocenters. The van der Waals surface area contributed by atoms with Gasteiger partial charge in [0.2, 0.25) is 0 Å². The van der Waals surface area contributed by atoms with Gasteiger partial charge in [0.1, 0.15) is 34.6 Å². The summed E-state index contributed by atoms with van der Waals surface area (Å²) >= 11 is 12.5. The molecule has 0 aromatic heterocycles. The fourth-order valence-electron chi connectivity index (χ4n) is 7.25. The van der Waals surface area contributed by atoms with E-state index in [1.54, 1.807) is 0 Å². The van der Waals surface area contributed by atoms with E-state index in [1.165, 1.54) is 32.0 Å². The summed E-state index contributed by atoms with van der Waals surface area (Å²) < 4.78 is 229. The number of aryl methyl sites for hydroxylation is 2. The molecular weight excluding hydrogens is 929 g/mol. The maximum absolute atomic E-state index is 16.4. The topological polar surface area (TPSA) is 36.9 Å². The maximum Gasteiger partial charge on any atom is 0.573 e. The van der Waals surface area contributed by atoms with E-state index < -0.39 is 126 Å². The Morgan fingerprint density at radius 2 is 1.06 bits per heavy atom. The first-order valence-corrected chi connectivity index (χ1v) is 18.7. The average Bonchev–Trinajstić information content (AvgIpc) is 3.18. The van der Waals surface area contributed by atoms with Crippen LogP contribution in [-0.4, -0.2) is 26.9 Å². The van der Waals surface area contributed by atoms with Crippen molar-refractivity contribution in [3.05, 3.63) is 129 Å². The van der Waals surface area contributed by atoms with Gasteiger partial charge in [-0.25, -0.2) is 8.78 Å². The highest BCUT2D eigenvalue weighted by Crippen LogP contribution is 2.62. The Hall–Kier alpha value is -5.88. The molecule has 0 aliphatic rings. The van der Waals surface area contributed by atoms with E-state index in [-0.39, 0.29) is 28.3 Å². The van der Waals surface area contributed by atoms with Crippen molar-refractivity contribution in [1.82, 2.24) is 0 Å². The van der Waals surface area contributed by atoms with Crippen molar-refractivity contribution in [2.75, 3.05) is 14.2 Å². The summed E-state index contributed by atoms with van der Waals surface area (Å²) in [6.07, 6.45) is -22.8. The highest BCUT2D eigenvalue weighted by atomic mass is 35.5. The Balaban J connectivity index is 2.07. The second-order valence-corrected chi connectivity index (χ2v) is 14.6. The van der Waals surface area contributed by atoms with Gasteiger partial charge in [0.25, 0.3) is 0 Å². The van der Waals surface area contributed by atoms with Crippen LogP contribution >= 0.6 is 23.2 Å². The van der Waals surface area contributed by atoms with Crippen LogP contribution in [0.3, 0.4) is 0 Å².